The fourth-order valence-electron chi connectivity index (χ4n) is 2.23. The molecule has 2 amide bonds. The molecular formula is C14H27N3O3. The van der Waals surface area contributed by atoms with Crippen LogP contribution in [-0.2, 0) is 9.59 Å². The molecular weight excluding hydrogens is 258 g/mol. The second-order valence-corrected chi connectivity index (χ2v) is 5.75. The zero-order chi connectivity index (χ0) is 15.1. The van der Waals surface area contributed by atoms with Crippen molar-refractivity contribution in [3.63, 3.8) is 0 Å². The molecule has 6 heteroatoms. The van der Waals surface area contributed by atoms with Crippen LogP contribution in [0.15, 0.2) is 0 Å². The number of nitrogens with one attached hydrogen (secondary N) is 1. The lowest BCUT2D eigenvalue weighted by atomic mass is 10.2. The van der Waals surface area contributed by atoms with Crippen molar-refractivity contribution in [1.82, 2.24) is 15.1 Å². The molecule has 6 nitrogen and oxygen atoms in total. The summed E-state index contributed by atoms with van der Waals surface area (Å²) in [5.74, 6) is -0.420. The van der Waals surface area contributed by atoms with Crippen molar-refractivity contribution in [1.29, 1.82) is 0 Å². The van der Waals surface area contributed by atoms with Crippen molar-refractivity contribution in [3.8, 4) is 0 Å². The lowest BCUT2D eigenvalue weighted by Gasteiger charge is -2.34. The number of aliphatic hydroxyl groups is 1. The number of aliphatic hydroxyl groups excluding tert-OH is 1. The number of rotatable bonds is 8. The van der Waals surface area contributed by atoms with Crippen molar-refractivity contribution in [2.75, 3.05) is 39.3 Å². The van der Waals surface area contributed by atoms with E-state index in [1.54, 1.807) is 4.90 Å². The van der Waals surface area contributed by atoms with Crippen LogP contribution >= 0.6 is 0 Å². The summed E-state index contributed by atoms with van der Waals surface area (Å²) < 4.78 is 0. The van der Waals surface area contributed by atoms with Crippen LogP contribution < -0.4 is 5.32 Å². The van der Waals surface area contributed by atoms with Gasteiger partial charge in [-0.25, -0.2) is 0 Å². The Hall–Kier alpha value is -1.14. The summed E-state index contributed by atoms with van der Waals surface area (Å²) >= 11 is 0. The summed E-state index contributed by atoms with van der Waals surface area (Å²) in [6.45, 7) is 9.34. The van der Waals surface area contributed by atoms with Gasteiger partial charge in [-0.3, -0.25) is 9.59 Å². The molecule has 20 heavy (non-hydrogen) atoms. The van der Waals surface area contributed by atoms with Gasteiger partial charge in [-0.05, 0) is 18.9 Å². The summed E-state index contributed by atoms with van der Waals surface area (Å²) in [5.41, 5.74) is 0. The van der Waals surface area contributed by atoms with Crippen molar-refractivity contribution >= 4 is 11.8 Å². The van der Waals surface area contributed by atoms with E-state index in [4.69, 9.17) is 0 Å². The highest BCUT2D eigenvalue weighted by atomic mass is 16.3. The highest BCUT2D eigenvalue weighted by Crippen LogP contribution is 2.06. The van der Waals surface area contributed by atoms with Crippen LogP contribution in [0.2, 0.25) is 0 Å². The molecule has 0 aliphatic carbocycles. The molecule has 0 spiro atoms. The Bertz CT molecular complexity index is 334. The topological polar surface area (TPSA) is 72.9 Å². The number of piperazine rings is 1. The van der Waals surface area contributed by atoms with E-state index in [0.717, 1.165) is 13.0 Å². The van der Waals surface area contributed by atoms with Gasteiger partial charge in [0.1, 0.15) is 0 Å². The van der Waals surface area contributed by atoms with Gasteiger partial charge in [-0.15, -0.1) is 0 Å². The molecule has 1 fully saturated rings. The van der Waals surface area contributed by atoms with Gasteiger partial charge >= 0.3 is 11.8 Å². The molecule has 0 radical (unpaired) electrons. The minimum absolute atomic E-state index is 0.218. The van der Waals surface area contributed by atoms with Crippen molar-refractivity contribution in [3.05, 3.63) is 0 Å². The minimum atomic E-state index is -0.636. The monoisotopic (exact) mass is 285 g/mol. The molecule has 0 aromatic heterocycles. The first-order chi connectivity index (χ1) is 9.45. The van der Waals surface area contributed by atoms with Crippen LogP contribution in [0.3, 0.4) is 0 Å². The fraction of sp³-hybridized carbons (Fsp3) is 0.857. The maximum absolute atomic E-state index is 11.9. The summed E-state index contributed by atoms with van der Waals surface area (Å²) in [6, 6.07) is 0. The van der Waals surface area contributed by atoms with Gasteiger partial charge in [-0.1, -0.05) is 20.8 Å². The van der Waals surface area contributed by atoms with Gasteiger partial charge in [0.2, 0.25) is 0 Å². The van der Waals surface area contributed by atoms with E-state index in [2.05, 4.69) is 19.2 Å². The Kier molecular flexibility index (Phi) is 6.95. The largest absolute Gasteiger partial charge is 0.390 e. The molecule has 0 bridgehead atoms. The molecule has 2 N–H and O–H groups in total. The Balaban J connectivity index is 2.37. The zero-order valence-corrected chi connectivity index (χ0v) is 12.8. The molecule has 1 rings (SSSR count). The van der Waals surface area contributed by atoms with Crippen LogP contribution in [0.1, 0.15) is 27.2 Å². The first-order valence-electron chi connectivity index (χ1n) is 7.42. The van der Waals surface area contributed by atoms with Crippen LogP contribution in [0.5, 0.6) is 0 Å². The van der Waals surface area contributed by atoms with Crippen molar-refractivity contribution < 1.29 is 14.7 Å². The van der Waals surface area contributed by atoms with E-state index in [9.17, 15) is 14.7 Å². The molecule has 1 aliphatic heterocycles. The first-order valence-corrected chi connectivity index (χ1v) is 7.42. The van der Waals surface area contributed by atoms with E-state index in [-0.39, 0.29) is 6.54 Å². The maximum Gasteiger partial charge on any atom is 0.312 e. The Labute approximate surface area is 121 Å². The van der Waals surface area contributed by atoms with Crippen molar-refractivity contribution in [2.45, 2.75) is 33.3 Å². The Morgan fingerprint density at radius 3 is 2.35 bits per heavy atom. The number of carbonyl (C=O) groups excluding carboxylic acids is 2. The Morgan fingerprint density at radius 1 is 1.15 bits per heavy atom. The van der Waals surface area contributed by atoms with E-state index >= 15 is 0 Å². The third-order valence-electron chi connectivity index (χ3n) is 3.25. The Morgan fingerprint density at radius 2 is 1.75 bits per heavy atom. The lowest BCUT2D eigenvalue weighted by molar-refractivity contribution is -0.156. The average Bonchev–Trinajstić information content (AvgIpc) is 2.38. The van der Waals surface area contributed by atoms with Crippen LogP contribution in [-0.4, -0.2) is 72.1 Å². The third kappa shape index (κ3) is 5.09. The van der Waals surface area contributed by atoms with Crippen LogP contribution in [0.4, 0.5) is 0 Å². The first kappa shape index (κ1) is 16.9. The molecule has 116 valence electrons. The number of amides is 2. The second-order valence-electron chi connectivity index (χ2n) is 5.75. The average molecular weight is 285 g/mol. The third-order valence-corrected chi connectivity index (χ3v) is 3.25. The fourth-order valence-corrected chi connectivity index (χ4v) is 2.23. The zero-order valence-electron chi connectivity index (χ0n) is 12.8. The minimum Gasteiger partial charge on any atom is -0.390 e. The molecule has 1 aliphatic rings. The normalized spacial score (nSPS) is 18.1. The van der Waals surface area contributed by atoms with Gasteiger partial charge in [0.05, 0.1) is 6.10 Å². The van der Waals surface area contributed by atoms with Gasteiger partial charge in [0.25, 0.3) is 0 Å². The van der Waals surface area contributed by atoms with E-state index in [1.165, 1.54) is 4.90 Å². The highest BCUT2D eigenvalue weighted by Gasteiger charge is 2.32. The van der Waals surface area contributed by atoms with Gasteiger partial charge in [0, 0.05) is 32.7 Å². The van der Waals surface area contributed by atoms with Gasteiger partial charge in [-0.2, -0.15) is 0 Å². The van der Waals surface area contributed by atoms with Crippen LogP contribution in [0.25, 0.3) is 0 Å². The number of nitrogens with zero attached hydrogens (tertiary/aromatic N) is 2. The van der Waals surface area contributed by atoms with Crippen molar-refractivity contribution in [2.24, 2.45) is 5.92 Å². The molecule has 0 aromatic carbocycles. The summed E-state index contributed by atoms with van der Waals surface area (Å²) in [6.07, 6.45) is 0.212. The predicted octanol–water partition coefficient (Wildman–Crippen LogP) is -0.326. The van der Waals surface area contributed by atoms with E-state index in [1.807, 2.05) is 6.92 Å². The maximum atomic E-state index is 11.9. The highest BCUT2D eigenvalue weighted by molar-refractivity contribution is 6.35. The number of hydrogen-bond acceptors (Lipinski definition) is 4. The second kappa shape index (κ2) is 8.21. The summed E-state index contributed by atoms with van der Waals surface area (Å²) in [5, 5.41) is 13.1. The SMILES string of the molecule is CCCN1CCN(CC(O)CNCC(C)C)C(=O)C1=O. The quantitative estimate of drug-likeness (QED) is 0.599. The van der Waals surface area contributed by atoms with E-state index in [0.29, 0.717) is 32.1 Å². The number of carbonyl (C=O) groups is 2. The molecule has 1 unspecified atom stereocenters. The molecule has 0 saturated carbocycles. The van der Waals surface area contributed by atoms with Gasteiger partial charge < -0.3 is 20.2 Å². The van der Waals surface area contributed by atoms with E-state index < -0.39 is 17.9 Å². The summed E-state index contributed by atoms with van der Waals surface area (Å²) in [4.78, 5) is 26.8. The molecule has 1 saturated heterocycles. The summed E-state index contributed by atoms with van der Waals surface area (Å²) in [7, 11) is 0. The molecule has 1 atom stereocenters. The predicted molar refractivity (Wildman–Crippen MR) is 77.2 cm³/mol. The lowest BCUT2D eigenvalue weighted by Crippen LogP contribution is -2.56. The number of hydrogen-bond donors (Lipinski definition) is 2. The number of β-amino-alcohol motifs (C(OH)–C–C–N with tert-alkyl or cyclic N) is 1. The van der Waals surface area contributed by atoms with Crippen LogP contribution in [0, 0.1) is 5.92 Å². The molecule has 1 heterocycles. The standard InChI is InChI=1S/C14H27N3O3/c1-4-5-16-6-7-17(14(20)13(16)19)10-12(18)9-15-8-11(2)3/h11-12,15,18H,4-10H2,1-3H3. The molecule has 0 aromatic rings. The van der Waals surface area contributed by atoms with Gasteiger partial charge in [0.15, 0.2) is 0 Å². The smallest absolute Gasteiger partial charge is 0.312 e.